The maximum absolute atomic E-state index is 14.8. The van der Waals surface area contributed by atoms with Gasteiger partial charge in [0.1, 0.15) is 10.6 Å². The second-order valence-corrected chi connectivity index (χ2v) is 30.0. The van der Waals surface area contributed by atoms with E-state index < -0.39 is 31.8 Å². The molecule has 0 unspecified atom stereocenters. The van der Waals surface area contributed by atoms with Gasteiger partial charge in [-0.05, 0) is 58.6 Å². The van der Waals surface area contributed by atoms with Gasteiger partial charge >= 0.3 is 135 Å². The molecular weight excluding hydrogens is 1100 g/mol. The van der Waals surface area contributed by atoms with Crippen molar-refractivity contribution in [3.8, 4) is 39.6 Å². The van der Waals surface area contributed by atoms with Gasteiger partial charge in [0.25, 0.3) is 0 Å². The second-order valence-electron chi connectivity index (χ2n) is 18.5. The van der Waals surface area contributed by atoms with Gasteiger partial charge in [0, 0.05) is 47.5 Å². The van der Waals surface area contributed by atoms with E-state index in [4.69, 9.17) is 15.5 Å². The molecule has 68 heavy (non-hydrogen) atoms. The molecule has 0 bridgehead atoms. The largest absolute Gasteiger partial charge is 0 e. The Kier molecular flexibility index (Phi) is 11.5. The molecule has 4 aromatic heterocycles. The maximum atomic E-state index is 14.8. The van der Waals surface area contributed by atoms with E-state index in [1.165, 1.54) is 17.5 Å². The minimum atomic E-state index is -2.54. The molecule has 0 aliphatic rings. The van der Waals surface area contributed by atoms with Crippen LogP contribution in [0.25, 0.3) is 92.5 Å². The first kappa shape index (κ1) is 42.2. The Bertz CT molecular complexity index is 3890. The van der Waals surface area contributed by atoms with Crippen molar-refractivity contribution < 1.29 is 34.4 Å². The zero-order valence-electron chi connectivity index (χ0n) is 43.0. The number of hydrogen-bond donors (Lipinski definition) is 0. The van der Waals surface area contributed by atoms with Gasteiger partial charge in [-0.2, -0.15) is 11.3 Å². The number of aryl methyl sites for hydroxylation is 4. The van der Waals surface area contributed by atoms with Crippen molar-refractivity contribution in [3.63, 3.8) is 0 Å². The minimum Gasteiger partial charge on any atom is 0 e. The minimum absolute atomic E-state index is 0. The Labute approximate surface area is 422 Å². The summed E-state index contributed by atoms with van der Waals surface area (Å²) in [4.78, 5) is 16.0. The summed E-state index contributed by atoms with van der Waals surface area (Å²) in [5.41, 5.74) is 9.49. The summed E-state index contributed by atoms with van der Waals surface area (Å²) in [6, 6.07) is 47.6. The molecule has 341 valence electrons. The van der Waals surface area contributed by atoms with Crippen molar-refractivity contribution in [1.82, 2.24) is 19.5 Å². The molecule has 9 heteroatoms. The predicted octanol–water partition coefficient (Wildman–Crippen LogP) is 16.0. The molecule has 0 fully saturated rings. The summed E-state index contributed by atoms with van der Waals surface area (Å²) in [5, 5.41) is 6.80. The average Bonchev–Trinajstić information content (AvgIpc) is 3.91. The van der Waals surface area contributed by atoms with Gasteiger partial charge in [-0.15, -0.1) is 17.7 Å². The van der Waals surface area contributed by atoms with Gasteiger partial charge in [-0.3, -0.25) is 4.98 Å². The van der Waals surface area contributed by atoms with Crippen LogP contribution in [0.4, 0.5) is 8.78 Å². The standard InChI is InChI=1S/C41H27FN3S.C18H23FGeN.Ir/c1-23-17-18-33(39-35(23)32-19-20-34(43-41(32)46-39)26-11-5-4-6-12-26)40-44-36-30-15-9-7-13-28(30)29-14-8-10-16-31(29)38(36)45(40)37-24(2)21-27(42)22-25(37)3;1-12(2)15-10-17(21-11-16(15)20(4,5)6)14-9-7-8-13(3)18(14)19;/h4-17,19-22H,1-3H3;7-8,10-12H,1-6H3;/q2*-1;/i;3D3,12D;. The van der Waals surface area contributed by atoms with Crippen molar-refractivity contribution in [2.45, 2.75) is 64.6 Å². The van der Waals surface area contributed by atoms with Crippen LogP contribution in [0.3, 0.4) is 0 Å². The summed E-state index contributed by atoms with van der Waals surface area (Å²) >= 11 is -0.593. The third kappa shape index (κ3) is 8.29. The quantitative estimate of drug-likeness (QED) is 0.0947. The fourth-order valence-corrected chi connectivity index (χ4v) is 14.0. The van der Waals surface area contributed by atoms with Crippen molar-refractivity contribution in [3.05, 3.63) is 185 Å². The van der Waals surface area contributed by atoms with Crippen molar-refractivity contribution in [1.29, 1.82) is 0 Å². The summed E-state index contributed by atoms with van der Waals surface area (Å²) in [7, 11) is 0. The Hall–Kier alpha value is -5.90. The van der Waals surface area contributed by atoms with Crippen LogP contribution in [-0.2, 0) is 20.1 Å². The van der Waals surface area contributed by atoms with Gasteiger partial charge in [0.15, 0.2) is 0 Å². The zero-order valence-corrected chi connectivity index (χ0v) is 44.3. The SMILES string of the molecule is Cc1cc(F)cc(C)c1-n1c(-c2[c-]cc(C)c3c2sc2nc(-c4ccccc4)ccc23)nc2c3ccccc3c3ccccc3c21.[2H]C([2H])([2H])c1cc[c-]c(-c2cc(C([2H])(C)C)[c]([Ge]([CH3])([CH3])[CH3])cn2)c1F.[Ir]. The number of pyridine rings is 2. The number of fused-ring (bicyclic) bond motifs is 9. The van der Waals surface area contributed by atoms with E-state index in [0.29, 0.717) is 5.69 Å². The molecule has 0 aliphatic carbocycles. The fourth-order valence-electron chi connectivity index (χ4n) is 9.42. The first-order chi connectivity index (χ1) is 33.7. The third-order valence-electron chi connectivity index (χ3n) is 12.6. The Morgan fingerprint density at radius 3 is 2.04 bits per heavy atom. The Morgan fingerprint density at radius 1 is 0.706 bits per heavy atom. The summed E-state index contributed by atoms with van der Waals surface area (Å²) in [6.45, 7) is 7.15. The van der Waals surface area contributed by atoms with Crippen LogP contribution in [0, 0.1) is 51.4 Å². The van der Waals surface area contributed by atoms with Crippen LogP contribution in [0.1, 0.15) is 53.0 Å². The van der Waals surface area contributed by atoms with E-state index in [1.54, 1.807) is 49.6 Å². The molecule has 1 radical (unpaired) electrons. The zero-order chi connectivity index (χ0) is 50.3. The molecule has 0 N–H and O–H groups in total. The fraction of sp³-hybridized carbons (Fsp3) is 0.169. The topological polar surface area (TPSA) is 43.6 Å². The first-order valence-corrected chi connectivity index (χ1v) is 30.5. The van der Waals surface area contributed by atoms with E-state index in [-0.39, 0.29) is 37.0 Å². The monoisotopic (exact) mass is 1160 g/mol. The van der Waals surface area contributed by atoms with Crippen LogP contribution >= 0.6 is 11.3 Å². The molecule has 11 aromatic rings. The molecule has 0 saturated carbocycles. The van der Waals surface area contributed by atoms with Gasteiger partial charge in [0.05, 0.1) is 22.6 Å². The molecule has 11 rings (SSSR count). The number of imidazole rings is 1. The van der Waals surface area contributed by atoms with Crippen LogP contribution in [-0.4, -0.2) is 32.8 Å². The van der Waals surface area contributed by atoms with E-state index in [1.807, 2.05) is 32.0 Å². The van der Waals surface area contributed by atoms with Gasteiger partial charge in [-0.25, -0.2) is 9.37 Å². The van der Waals surface area contributed by atoms with E-state index in [2.05, 4.69) is 125 Å². The number of thiophene rings is 1. The van der Waals surface area contributed by atoms with Crippen LogP contribution in [0.15, 0.2) is 134 Å². The van der Waals surface area contributed by atoms with E-state index in [9.17, 15) is 8.78 Å². The van der Waals surface area contributed by atoms with Crippen LogP contribution in [0.5, 0.6) is 0 Å². The van der Waals surface area contributed by atoms with Crippen LogP contribution in [0.2, 0.25) is 17.3 Å². The summed E-state index contributed by atoms with van der Waals surface area (Å²) in [6.07, 6.45) is 1.73. The van der Waals surface area contributed by atoms with Gasteiger partial charge in [-0.1, -0.05) is 103 Å². The van der Waals surface area contributed by atoms with Crippen molar-refractivity contribution in [2.24, 2.45) is 0 Å². The second kappa shape index (κ2) is 18.5. The molecule has 4 heterocycles. The summed E-state index contributed by atoms with van der Waals surface area (Å²) in [5.74, 6) is 5.51. The average molecular weight is 1150 g/mol. The maximum Gasteiger partial charge on any atom is 0 e. The molecule has 4 nitrogen and oxygen atoms in total. The normalized spacial score (nSPS) is 13.0. The molecule has 0 atom stereocenters. The van der Waals surface area contributed by atoms with Crippen molar-refractivity contribution in [2.75, 3.05) is 0 Å². The predicted molar refractivity (Wildman–Crippen MR) is 281 cm³/mol. The smallest absolute Gasteiger partial charge is 0 e. The van der Waals surface area contributed by atoms with Gasteiger partial charge < -0.3 is 4.57 Å². The Balaban J connectivity index is 0.000000210. The molecule has 0 spiro atoms. The Morgan fingerprint density at radius 2 is 1.37 bits per heavy atom. The molecule has 7 aromatic carbocycles. The number of aromatic nitrogens is 4. The number of nitrogens with zero attached hydrogens (tertiary/aromatic N) is 4. The molecular formula is C59H50F2GeIrN4S-2. The molecule has 0 aliphatic heterocycles. The molecule has 0 saturated heterocycles. The van der Waals surface area contributed by atoms with Crippen LogP contribution < -0.4 is 4.40 Å². The van der Waals surface area contributed by atoms with E-state index in [0.717, 1.165) is 102 Å². The number of benzene rings is 7. The summed E-state index contributed by atoms with van der Waals surface area (Å²) < 4.78 is 64.8. The first-order valence-electron chi connectivity index (χ1n) is 24.3. The third-order valence-corrected chi connectivity index (χ3v) is 17.9. The number of hydrogen-bond acceptors (Lipinski definition) is 4. The molecule has 0 amide bonds. The van der Waals surface area contributed by atoms with Crippen molar-refractivity contribution >= 4 is 81.9 Å². The number of halogens is 2. The van der Waals surface area contributed by atoms with E-state index >= 15 is 0 Å². The van der Waals surface area contributed by atoms with Gasteiger partial charge in [0.2, 0.25) is 0 Å². The number of rotatable bonds is 6.